The van der Waals surface area contributed by atoms with Crippen LogP contribution in [0.2, 0.25) is 0 Å². The van der Waals surface area contributed by atoms with Crippen LogP contribution < -0.4 is 10.2 Å². The van der Waals surface area contributed by atoms with Gasteiger partial charge in [0.15, 0.2) is 9.84 Å². The highest BCUT2D eigenvalue weighted by molar-refractivity contribution is 7.90. The Morgan fingerprint density at radius 3 is 2.37 bits per heavy atom. The molecule has 0 spiro atoms. The molecule has 4 heterocycles. The van der Waals surface area contributed by atoms with Crippen LogP contribution in [0.25, 0.3) is 10.9 Å². The van der Waals surface area contributed by atoms with Crippen LogP contribution in [-0.4, -0.2) is 116 Å². The van der Waals surface area contributed by atoms with Crippen molar-refractivity contribution in [2.75, 3.05) is 63.5 Å². The van der Waals surface area contributed by atoms with Gasteiger partial charge < -0.3 is 24.9 Å². The van der Waals surface area contributed by atoms with Gasteiger partial charge in [-0.05, 0) is 81.1 Å². The molecule has 3 aliphatic heterocycles. The molecule has 248 valence electrons. The van der Waals surface area contributed by atoms with Gasteiger partial charge in [0.2, 0.25) is 5.91 Å². The molecule has 3 fully saturated rings. The predicted octanol–water partition coefficient (Wildman–Crippen LogP) is 3.33. The number of rotatable bonds is 7. The van der Waals surface area contributed by atoms with Crippen LogP contribution in [0.3, 0.4) is 0 Å². The number of aromatic nitrogens is 2. The standard InChI is InChI=1S/C33H44FN7O4S/c1-23-18-24(19-25-22-35-37-31(23)25)20-29(32(42)40-12-8-26(9-13-40)38-10-4-3-5-11-38)36-33(43)41-16-14-39(15-17-41)30-7-6-27(21-28(30)34)46(2,44)45/h6-7,18-19,21-22,26,29H,3-5,8-17,20H2,1-2H3,(H,35,37)(H,36,43)/t29-/m1/s1. The third-order valence-electron chi connectivity index (χ3n) is 9.78. The zero-order valence-corrected chi connectivity index (χ0v) is 27.5. The minimum absolute atomic E-state index is 0.0675. The second-order valence-corrected chi connectivity index (χ2v) is 15.0. The third-order valence-corrected chi connectivity index (χ3v) is 10.9. The zero-order valence-electron chi connectivity index (χ0n) is 26.7. The molecule has 11 nitrogen and oxygen atoms in total. The molecule has 3 aliphatic rings. The van der Waals surface area contributed by atoms with E-state index in [0.717, 1.165) is 60.3 Å². The highest BCUT2D eigenvalue weighted by Crippen LogP contribution is 2.25. The SMILES string of the molecule is Cc1cc(C[C@@H](NC(=O)N2CCN(c3ccc(S(C)(=O)=O)cc3F)CC2)C(=O)N2CCC(N3CCCCC3)CC2)cc2cn[nH]c12. The number of urea groups is 1. The Morgan fingerprint density at radius 1 is 0.978 bits per heavy atom. The number of likely N-dealkylation sites (tertiary alicyclic amines) is 2. The first-order valence-corrected chi connectivity index (χ1v) is 18.2. The molecule has 3 aromatic rings. The number of carbonyl (C=O) groups excluding carboxylic acids is 2. The van der Waals surface area contributed by atoms with Crippen molar-refractivity contribution in [3.63, 3.8) is 0 Å². The molecule has 0 saturated carbocycles. The molecule has 6 rings (SSSR count). The van der Waals surface area contributed by atoms with E-state index in [4.69, 9.17) is 0 Å². The van der Waals surface area contributed by atoms with Gasteiger partial charge in [-0.15, -0.1) is 0 Å². The summed E-state index contributed by atoms with van der Waals surface area (Å²) in [5.41, 5.74) is 3.23. The number of nitrogens with zero attached hydrogens (tertiary/aromatic N) is 5. The van der Waals surface area contributed by atoms with Crippen molar-refractivity contribution < 1.29 is 22.4 Å². The number of anilines is 1. The molecule has 46 heavy (non-hydrogen) atoms. The summed E-state index contributed by atoms with van der Waals surface area (Å²) in [4.78, 5) is 35.5. The maximum Gasteiger partial charge on any atom is 0.318 e. The molecule has 0 bridgehead atoms. The number of halogens is 1. The first-order chi connectivity index (χ1) is 22.1. The van der Waals surface area contributed by atoms with Gasteiger partial charge in [0.25, 0.3) is 0 Å². The minimum Gasteiger partial charge on any atom is -0.366 e. The number of piperidine rings is 2. The monoisotopic (exact) mass is 653 g/mol. The molecule has 13 heteroatoms. The second-order valence-electron chi connectivity index (χ2n) is 13.0. The number of sulfone groups is 1. The fraction of sp³-hybridized carbons (Fsp3) is 0.545. The number of carbonyl (C=O) groups is 2. The molecule has 0 unspecified atom stereocenters. The van der Waals surface area contributed by atoms with E-state index in [1.807, 2.05) is 28.9 Å². The van der Waals surface area contributed by atoms with Crippen molar-refractivity contribution >= 4 is 38.4 Å². The molecule has 0 aliphatic carbocycles. The summed E-state index contributed by atoms with van der Waals surface area (Å²) in [7, 11) is -3.52. The number of hydrogen-bond acceptors (Lipinski definition) is 7. The fourth-order valence-corrected chi connectivity index (χ4v) is 7.82. The van der Waals surface area contributed by atoms with Gasteiger partial charge in [0.1, 0.15) is 11.9 Å². The van der Waals surface area contributed by atoms with Gasteiger partial charge in [-0.25, -0.2) is 17.6 Å². The summed E-state index contributed by atoms with van der Waals surface area (Å²) in [6, 6.07) is 7.42. The molecular weight excluding hydrogens is 609 g/mol. The van der Waals surface area contributed by atoms with E-state index in [9.17, 15) is 22.4 Å². The first kappa shape index (κ1) is 32.2. The number of aromatic amines is 1. The van der Waals surface area contributed by atoms with Crippen molar-refractivity contribution in [3.05, 3.63) is 53.5 Å². The van der Waals surface area contributed by atoms with E-state index in [0.29, 0.717) is 57.4 Å². The topological polar surface area (TPSA) is 122 Å². The first-order valence-electron chi connectivity index (χ1n) is 16.3. The Labute approximate surface area is 270 Å². The smallest absolute Gasteiger partial charge is 0.318 e. The molecular formula is C33H44FN7O4S. The summed E-state index contributed by atoms with van der Waals surface area (Å²) in [5, 5.41) is 11.2. The van der Waals surface area contributed by atoms with Crippen LogP contribution in [-0.2, 0) is 21.1 Å². The molecule has 3 saturated heterocycles. The van der Waals surface area contributed by atoms with Crippen LogP contribution >= 0.6 is 0 Å². The maximum absolute atomic E-state index is 14.9. The average molecular weight is 654 g/mol. The van der Waals surface area contributed by atoms with Gasteiger partial charge in [0, 0.05) is 63.4 Å². The van der Waals surface area contributed by atoms with Gasteiger partial charge >= 0.3 is 6.03 Å². The van der Waals surface area contributed by atoms with E-state index in [-0.39, 0.29) is 16.8 Å². The van der Waals surface area contributed by atoms with Gasteiger partial charge in [-0.2, -0.15) is 5.10 Å². The van der Waals surface area contributed by atoms with Gasteiger partial charge in [0.05, 0.1) is 22.3 Å². The second kappa shape index (κ2) is 13.6. The molecule has 2 aromatic carbocycles. The van der Waals surface area contributed by atoms with Gasteiger partial charge in [-0.3, -0.25) is 9.89 Å². The fourth-order valence-electron chi connectivity index (χ4n) is 7.19. The average Bonchev–Trinajstić information content (AvgIpc) is 3.54. The van der Waals surface area contributed by atoms with E-state index >= 15 is 0 Å². The Hall–Kier alpha value is -3.71. The summed E-state index contributed by atoms with van der Waals surface area (Å²) in [5.74, 6) is -0.678. The van der Waals surface area contributed by atoms with Gasteiger partial charge in [-0.1, -0.05) is 12.5 Å². The third kappa shape index (κ3) is 7.15. The van der Waals surface area contributed by atoms with Crippen molar-refractivity contribution in [2.24, 2.45) is 0 Å². The van der Waals surface area contributed by atoms with Crippen LogP contribution in [0, 0.1) is 12.7 Å². The quantitative estimate of drug-likeness (QED) is 0.401. The Balaban J connectivity index is 1.13. The summed E-state index contributed by atoms with van der Waals surface area (Å²) < 4.78 is 38.5. The number of hydrogen-bond donors (Lipinski definition) is 2. The number of aryl methyl sites for hydroxylation is 1. The Bertz CT molecular complexity index is 1670. The lowest BCUT2D eigenvalue weighted by atomic mass is 9.97. The zero-order chi connectivity index (χ0) is 32.4. The predicted molar refractivity (Wildman–Crippen MR) is 175 cm³/mol. The molecule has 2 N–H and O–H groups in total. The van der Waals surface area contributed by atoms with Crippen molar-refractivity contribution in [2.45, 2.75) is 62.4 Å². The van der Waals surface area contributed by atoms with Crippen LogP contribution in [0.15, 0.2) is 41.4 Å². The number of fused-ring (bicyclic) bond motifs is 1. The van der Waals surface area contributed by atoms with Crippen molar-refractivity contribution in [3.8, 4) is 0 Å². The molecule has 3 amide bonds. The van der Waals surface area contributed by atoms with E-state index in [1.165, 1.54) is 31.4 Å². The lowest BCUT2D eigenvalue weighted by Crippen LogP contribution is -2.58. The number of nitrogens with one attached hydrogen (secondary N) is 2. The summed E-state index contributed by atoms with van der Waals surface area (Å²) in [6.07, 6.45) is 8.83. The summed E-state index contributed by atoms with van der Waals surface area (Å²) in [6.45, 7) is 7.05. The molecule has 1 aromatic heterocycles. The maximum atomic E-state index is 14.9. The summed E-state index contributed by atoms with van der Waals surface area (Å²) >= 11 is 0. The number of amides is 3. The van der Waals surface area contributed by atoms with E-state index in [2.05, 4.69) is 20.4 Å². The Kier molecular flexibility index (Phi) is 9.51. The number of H-pyrrole nitrogens is 1. The number of piperazine rings is 1. The minimum atomic E-state index is -3.52. The van der Waals surface area contributed by atoms with Crippen LogP contribution in [0.1, 0.15) is 43.2 Å². The number of benzene rings is 2. The molecule has 0 radical (unpaired) electrons. The highest BCUT2D eigenvalue weighted by atomic mass is 32.2. The lowest BCUT2D eigenvalue weighted by Gasteiger charge is -2.41. The molecule has 1 atom stereocenters. The lowest BCUT2D eigenvalue weighted by molar-refractivity contribution is -0.134. The van der Waals surface area contributed by atoms with Crippen LogP contribution in [0.5, 0.6) is 0 Å². The normalized spacial score (nSPS) is 19.4. The van der Waals surface area contributed by atoms with Crippen molar-refractivity contribution in [1.29, 1.82) is 0 Å². The largest absolute Gasteiger partial charge is 0.366 e. The Morgan fingerprint density at radius 2 is 1.70 bits per heavy atom. The van der Waals surface area contributed by atoms with Crippen LogP contribution in [0.4, 0.5) is 14.9 Å². The van der Waals surface area contributed by atoms with E-state index in [1.54, 1.807) is 11.1 Å². The highest BCUT2D eigenvalue weighted by Gasteiger charge is 2.33. The van der Waals surface area contributed by atoms with Crippen molar-refractivity contribution in [1.82, 2.24) is 30.2 Å². The van der Waals surface area contributed by atoms with E-state index < -0.39 is 21.7 Å².